The summed E-state index contributed by atoms with van der Waals surface area (Å²) in [5.41, 5.74) is 0. The van der Waals surface area contributed by atoms with Crippen LogP contribution in [-0.4, -0.2) is 59.6 Å². The highest BCUT2D eigenvalue weighted by Gasteiger charge is 2.19. The summed E-state index contributed by atoms with van der Waals surface area (Å²) in [5.74, 6) is 0.651. The smallest absolute Gasteiger partial charge is 0.243 e. The summed E-state index contributed by atoms with van der Waals surface area (Å²) in [4.78, 5) is 27.2. The molecule has 0 saturated carbocycles. The van der Waals surface area contributed by atoms with Crippen molar-refractivity contribution in [2.75, 3.05) is 37.6 Å². The molecule has 1 aliphatic heterocycles. The number of amides is 2. The monoisotopic (exact) mass is 303 g/mol. The van der Waals surface area contributed by atoms with Crippen LogP contribution in [0.15, 0.2) is 31.0 Å². The Morgan fingerprint density at radius 2 is 2.18 bits per heavy atom. The number of nitrogens with zero attached hydrogens (tertiary/aromatic N) is 4. The molecule has 1 fully saturated rings. The highest BCUT2D eigenvalue weighted by atomic mass is 16.2. The average molecular weight is 303 g/mol. The molecule has 0 unspecified atom stereocenters. The highest BCUT2D eigenvalue weighted by Crippen LogP contribution is 2.12. The van der Waals surface area contributed by atoms with E-state index in [4.69, 9.17) is 0 Å². The van der Waals surface area contributed by atoms with Crippen LogP contribution in [0.2, 0.25) is 0 Å². The Morgan fingerprint density at radius 3 is 2.91 bits per heavy atom. The van der Waals surface area contributed by atoms with E-state index in [0.29, 0.717) is 19.5 Å². The maximum atomic E-state index is 12.2. The third-order valence-electron chi connectivity index (χ3n) is 3.55. The number of anilines is 1. The van der Waals surface area contributed by atoms with Gasteiger partial charge >= 0.3 is 0 Å². The third kappa shape index (κ3) is 4.54. The van der Waals surface area contributed by atoms with Crippen molar-refractivity contribution >= 4 is 17.6 Å². The number of hydrogen-bond acceptors (Lipinski definition) is 5. The molecule has 0 aliphatic carbocycles. The molecule has 7 nitrogen and oxygen atoms in total. The van der Waals surface area contributed by atoms with Crippen LogP contribution in [0.25, 0.3) is 0 Å². The van der Waals surface area contributed by atoms with Gasteiger partial charge in [0.25, 0.3) is 0 Å². The molecule has 7 heteroatoms. The van der Waals surface area contributed by atoms with Crippen molar-refractivity contribution in [2.45, 2.75) is 12.8 Å². The van der Waals surface area contributed by atoms with E-state index in [9.17, 15) is 9.59 Å². The van der Waals surface area contributed by atoms with E-state index in [1.54, 1.807) is 6.20 Å². The van der Waals surface area contributed by atoms with Crippen LogP contribution in [-0.2, 0) is 9.59 Å². The first-order chi connectivity index (χ1) is 10.7. The lowest BCUT2D eigenvalue weighted by Crippen LogP contribution is -2.37. The molecule has 2 amide bonds. The van der Waals surface area contributed by atoms with Gasteiger partial charge in [-0.05, 0) is 24.6 Å². The number of nitrogens with one attached hydrogen (secondary N) is 1. The van der Waals surface area contributed by atoms with Crippen molar-refractivity contribution < 1.29 is 9.59 Å². The fourth-order valence-electron chi connectivity index (χ4n) is 2.38. The molecule has 1 aromatic heterocycles. The number of rotatable bonds is 5. The first-order valence-electron chi connectivity index (χ1n) is 7.41. The van der Waals surface area contributed by atoms with Gasteiger partial charge in [0.05, 0.1) is 0 Å². The van der Waals surface area contributed by atoms with Crippen molar-refractivity contribution in [3.63, 3.8) is 0 Å². The maximum Gasteiger partial charge on any atom is 0.243 e. The van der Waals surface area contributed by atoms with Crippen LogP contribution in [0.4, 0.5) is 5.82 Å². The molecule has 0 radical (unpaired) electrons. The van der Waals surface area contributed by atoms with Gasteiger partial charge in [-0.15, -0.1) is 5.10 Å². The predicted molar refractivity (Wildman–Crippen MR) is 83.3 cm³/mol. The molecule has 1 aliphatic rings. The molecule has 2 rings (SSSR count). The van der Waals surface area contributed by atoms with Crippen molar-refractivity contribution in [1.82, 2.24) is 20.4 Å². The van der Waals surface area contributed by atoms with Crippen LogP contribution in [0.1, 0.15) is 12.8 Å². The Balaban J connectivity index is 1.81. The molecule has 1 saturated heterocycles. The van der Waals surface area contributed by atoms with E-state index in [1.165, 1.54) is 6.08 Å². The van der Waals surface area contributed by atoms with Crippen molar-refractivity contribution in [3.05, 3.63) is 31.0 Å². The topological polar surface area (TPSA) is 78.4 Å². The summed E-state index contributed by atoms with van der Waals surface area (Å²) >= 11 is 0. The van der Waals surface area contributed by atoms with Gasteiger partial charge in [-0.2, -0.15) is 5.10 Å². The fraction of sp³-hybridized carbons (Fsp3) is 0.467. The fourth-order valence-corrected chi connectivity index (χ4v) is 2.38. The number of carbonyl (C=O) groups is 2. The van der Waals surface area contributed by atoms with Crippen molar-refractivity contribution in [2.24, 2.45) is 0 Å². The maximum absolute atomic E-state index is 12.2. The molecule has 0 atom stereocenters. The van der Waals surface area contributed by atoms with Crippen molar-refractivity contribution in [3.8, 4) is 0 Å². The van der Waals surface area contributed by atoms with E-state index < -0.39 is 0 Å². The lowest BCUT2D eigenvalue weighted by Gasteiger charge is -2.22. The Labute approximate surface area is 130 Å². The molecule has 118 valence electrons. The van der Waals surface area contributed by atoms with E-state index in [1.807, 2.05) is 17.0 Å². The molecular formula is C15H21N5O2. The molecule has 1 aromatic rings. The van der Waals surface area contributed by atoms with Gasteiger partial charge in [-0.25, -0.2) is 0 Å². The van der Waals surface area contributed by atoms with Gasteiger partial charge in [0.15, 0.2) is 5.82 Å². The zero-order valence-corrected chi connectivity index (χ0v) is 12.6. The second-order valence-corrected chi connectivity index (χ2v) is 5.05. The molecule has 0 spiro atoms. The minimum Gasteiger partial charge on any atom is -0.353 e. The Kier molecular flexibility index (Phi) is 5.88. The second kappa shape index (κ2) is 8.11. The van der Waals surface area contributed by atoms with Crippen LogP contribution in [0.3, 0.4) is 0 Å². The van der Waals surface area contributed by atoms with Gasteiger partial charge in [-0.1, -0.05) is 6.58 Å². The summed E-state index contributed by atoms with van der Waals surface area (Å²) in [6.07, 6.45) is 4.05. The van der Waals surface area contributed by atoms with Gasteiger partial charge < -0.3 is 15.1 Å². The third-order valence-corrected chi connectivity index (χ3v) is 3.55. The van der Waals surface area contributed by atoms with Crippen LogP contribution >= 0.6 is 0 Å². The summed E-state index contributed by atoms with van der Waals surface area (Å²) in [7, 11) is 0. The SMILES string of the molecule is C=CC(=O)NCCC(=O)N1CCCN(c2cccnn2)CC1. The number of aromatic nitrogens is 2. The van der Waals surface area contributed by atoms with E-state index in [2.05, 4.69) is 27.0 Å². The molecule has 0 aromatic carbocycles. The average Bonchev–Trinajstić information content (AvgIpc) is 2.81. The zero-order chi connectivity index (χ0) is 15.8. The van der Waals surface area contributed by atoms with Gasteiger partial charge in [0, 0.05) is 45.3 Å². The Morgan fingerprint density at radius 1 is 1.32 bits per heavy atom. The summed E-state index contributed by atoms with van der Waals surface area (Å²) in [5, 5.41) is 10.6. The zero-order valence-electron chi connectivity index (χ0n) is 12.6. The second-order valence-electron chi connectivity index (χ2n) is 5.05. The number of hydrogen-bond donors (Lipinski definition) is 1. The standard InChI is InChI=1S/C15H21N5O2/c1-2-14(21)16-8-6-15(22)20-10-4-9-19(11-12-20)13-5-3-7-17-18-13/h2-3,5,7H,1,4,6,8-12H2,(H,16,21). The first kappa shape index (κ1) is 15.9. The quantitative estimate of drug-likeness (QED) is 0.787. The van der Waals surface area contributed by atoms with Crippen LogP contribution in [0, 0.1) is 0 Å². The Hall–Kier alpha value is -2.44. The molecule has 0 bridgehead atoms. The normalized spacial score (nSPS) is 15.1. The first-order valence-corrected chi connectivity index (χ1v) is 7.41. The summed E-state index contributed by atoms with van der Waals surface area (Å²) in [6, 6.07) is 3.79. The molecule has 22 heavy (non-hydrogen) atoms. The van der Waals surface area contributed by atoms with Crippen LogP contribution < -0.4 is 10.2 Å². The van der Waals surface area contributed by atoms with E-state index in [-0.39, 0.29) is 11.8 Å². The number of carbonyl (C=O) groups excluding carboxylic acids is 2. The van der Waals surface area contributed by atoms with Crippen LogP contribution in [0.5, 0.6) is 0 Å². The minimum absolute atomic E-state index is 0.0605. The van der Waals surface area contributed by atoms with Gasteiger partial charge in [-0.3, -0.25) is 9.59 Å². The van der Waals surface area contributed by atoms with E-state index in [0.717, 1.165) is 31.9 Å². The predicted octanol–water partition coefficient (Wildman–Crippen LogP) is 0.208. The summed E-state index contributed by atoms with van der Waals surface area (Å²) in [6.45, 7) is 6.70. The molecule has 1 N–H and O–H groups in total. The Bertz CT molecular complexity index is 520. The lowest BCUT2D eigenvalue weighted by atomic mass is 10.3. The van der Waals surface area contributed by atoms with E-state index >= 15 is 0 Å². The summed E-state index contributed by atoms with van der Waals surface area (Å²) < 4.78 is 0. The highest BCUT2D eigenvalue weighted by molar-refractivity contribution is 5.87. The lowest BCUT2D eigenvalue weighted by molar-refractivity contribution is -0.130. The van der Waals surface area contributed by atoms with Gasteiger partial charge in [0.1, 0.15) is 0 Å². The molecule has 2 heterocycles. The largest absolute Gasteiger partial charge is 0.353 e. The van der Waals surface area contributed by atoms with Crippen molar-refractivity contribution in [1.29, 1.82) is 0 Å². The minimum atomic E-state index is -0.252. The molecular weight excluding hydrogens is 282 g/mol. The van der Waals surface area contributed by atoms with Gasteiger partial charge in [0.2, 0.25) is 11.8 Å².